The molecule has 0 fully saturated rings. The van der Waals surface area contributed by atoms with Crippen molar-refractivity contribution in [2.24, 2.45) is 0 Å². The highest BCUT2D eigenvalue weighted by molar-refractivity contribution is 6.30. The molecular weight excluding hydrogens is 254 g/mol. The molecule has 0 aliphatic rings. The van der Waals surface area contributed by atoms with E-state index in [0.717, 1.165) is 5.56 Å². The van der Waals surface area contributed by atoms with E-state index in [1.165, 1.54) is 6.08 Å². The van der Waals surface area contributed by atoms with Gasteiger partial charge >= 0.3 is 6.09 Å². The van der Waals surface area contributed by atoms with E-state index in [-0.39, 0.29) is 12.2 Å². The lowest BCUT2D eigenvalue weighted by Gasteiger charge is -2.15. The number of ketones is 1. The Morgan fingerprint density at radius 1 is 1.39 bits per heavy atom. The number of benzene rings is 1. The average molecular weight is 268 g/mol. The summed E-state index contributed by atoms with van der Waals surface area (Å²) in [6.07, 6.45) is 0.575. The van der Waals surface area contributed by atoms with Crippen LogP contribution in [0.5, 0.6) is 0 Å². The van der Waals surface area contributed by atoms with E-state index >= 15 is 0 Å². The molecule has 0 aliphatic carbocycles. The van der Waals surface area contributed by atoms with Crippen molar-refractivity contribution >= 4 is 23.5 Å². The molecule has 1 amide bonds. The first-order valence-electron chi connectivity index (χ1n) is 5.40. The third kappa shape index (κ3) is 5.01. The second kappa shape index (κ2) is 6.81. The zero-order valence-corrected chi connectivity index (χ0v) is 10.5. The molecule has 0 radical (unpaired) electrons. The molecule has 0 aromatic heterocycles. The van der Waals surface area contributed by atoms with Gasteiger partial charge in [0.1, 0.15) is 0 Å². The van der Waals surface area contributed by atoms with E-state index in [0.29, 0.717) is 11.4 Å². The van der Waals surface area contributed by atoms with Crippen LogP contribution in [-0.4, -0.2) is 23.0 Å². The van der Waals surface area contributed by atoms with Crippen molar-refractivity contribution in [3.63, 3.8) is 0 Å². The molecule has 18 heavy (non-hydrogen) atoms. The van der Waals surface area contributed by atoms with Gasteiger partial charge in [0.2, 0.25) is 0 Å². The fourth-order valence-corrected chi connectivity index (χ4v) is 1.71. The van der Waals surface area contributed by atoms with Crippen molar-refractivity contribution < 1.29 is 14.7 Å². The van der Waals surface area contributed by atoms with Gasteiger partial charge in [-0.3, -0.25) is 4.79 Å². The van der Waals surface area contributed by atoms with Gasteiger partial charge in [0.25, 0.3) is 0 Å². The third-order valence-electron chi connectivity index (χ3n) is 2.40. The van der Waals surface area contributed by atoms with Crippen molar-refractivity contribution in [3.05, 3.63) is 47.5 Å². The molecule has 0 spiro atoms. The molecule has 1 aromatic rings. The van der Waals surface area contributed by atoms with E-state index in [9.17, 15) is 9.59 Å². The zero-order chi connectivity index (χ0) is 13.5. The molecule has 96 valence electrons. The summed E-state index contributed by atoms with van der Waals surface area (Å²) in [6.45, 7) is 3.37. The van der Waals surface area contributed by atoms with Crippen LogP contribution in [0.15, 0.2) is 36.9 Å². The van der Waals surface area contributed by atoms with Crippen molar-refractivity contribution in [1.82, 2.24) is 5.32 Å². The van der Waals surface area contributed by atoms with Gasteiger partial charge in [0.15, 0.2) is 5.78 Å². The predicted octanol–water partition coefficient (Wildman–Crippen LogP) is 2.66. The smallest absolute Gasteiger partial charge is 0.404 e. The second-order valence-electron chi connectivity index (χ2n) is 3.85. The molecule has 1 atom stereocenters. The average Bonchev–Trinajstić information content (AvgIpc) is 2.31. The van der Waals surface area contributed by atoms with Gasteiger partial charge in [-0.1, -0.05) is 30.3 Å². The normalized spacial score (nSPS) is 11.6. The molecular formula is C13H14ClNO3. The highest BCUT2D eigenvalue weighted by atomic mass is 35.5. The van der Waals surface area contributed by atoms with Crippen molar-refractivity contribution in [2.75, 3.05) is 0 Å². The first-order chi connectivity index (χ1) is 8.51. The van der Waals surface area contributed by atoms with Crippen LogP contribution >= 0.6 is 11.6 Å². The van der Waals surface area contributed by atoms with Crippen LogP contribution in [0, 0.1) is 0 Å². The molecule has 1 aromatic carbocycles. The van der Waals surface area contributed by atoms with Gasteiger partial charge in [-0.15, -0.1) is 0 Å². The third-order valence-corrected chi connectivity index (χ3v) is 2.65. The minimum absolute atomic E-state index is 0.0957. The van der Waals surface area contributed by atoms with Gasteiger partial charge in [0, 0.05) is 17.5 Å². The summed E-state index contributed by atoms with van der Waals surface area (Å²) >= 11 is 5.76. The topological polar surface area (TPSA) is 66.4 Å². The van der Waals surface area contributed by atoms with E-state index in [1.54, 1.807) is 24.3 Å². The quantitative estimate of drug-likeness (QED) is 0.779. The molecule has 2 N–H and O–H groups in total. The SMILES string of the molecule is C=CC(=O)C[C@H](Cc1ccc(Cl)cc1)NC(=O)O. The summed E-state index contributed by atoms with van der Waals surface area (Å²) < 4.78 is 0. The number of carboxylic acid groups (broad SMARTS) is 1. The van der Waals surface area contributed by atoms with E-state index in [2.05, 4.69) is 11.9 Å². The molecule has 0 unspecified atom stereocenters. The second-order valence-corrected chi connectivity index (χ2v) is 4.29. The Morgan fingerprint density at radius 3 is 2.50 bits per heavy atom. The first-order valence-corrected chi connectivity index (χ1v) is 5.78. The summed E-state index contributed by atoms with van der Waals surface area (Å²) in [4.78, 5) is 21.9. The highest BCUT2D eigenvalue weighted by Gasteiger charge is 2.15. The zero-order valence-electron chi connectivity index (χ0n) is 9.73. The highest BCUT2D eigenvalue weighted by Crippen LogP contribution is 2.12. The lowest BCUT2D eigenvalue weighted by Crippen LogP contribution is -2.36. The number of hydrogen-bond donors (Lipinski definition) is 2. The number of hydrogen-bond acceptors (Lipinski definition) is 2. The maximum Gasteiger partial charge on any atom is 0.404 e. The minimum Gasteiger partial charge on any atom is -0.465 e. The monoisotopic (exact) mass is 267 g/mol. The summed E-state index contributed by atoms with van der Waals surface area (Å²) in [5, 5.41) is 11.7. The van der Waals surface area contributed by atoms with Crippen LogP contribution in [0.2, 0.25) is 5.02 Å². The summed E-state index contributed by atoms with van der Waals surface area (Å²) in [7, 11) is 0. The number of halogens is 1. The summed E-state index contributed by atoms with van der Waals surface area (Å²) in [5.74, 6) is -0.192. The molecule has 0 heterocycles. The van der Waals surface area contributed by atoms with E-state index in [4.69, 9.17) is 16.7 Å². The van der Waals surface area contributed by atoms with Crippen LogP contribution in [0.1, 0.15) is 12.0 Å². The van der Waals surface area contributed by atoms with Crippen molar-refractivity contribution in [3.8, 4) is 0 Å². The number of amides is 1. The Hall–Kier alpha value is -1.81. The van der Waals surface area contributed by atoms with Crippen LogP contribution < -0.4 is 5.32 Å². The summed E-state index contributed by atoms with van der Waals surface area (Å²) in [6, 6.07) is 6.59. The van der Waals surface area contributed by atoms with Crippen LogP contribution in [0.4, 0.5) is 4.79 Å². The Bertz CT molecular complexity index is 442. The molecule has 0 bridgehead atoms. The Kier molecular flexibility index (Phi) is 5.39. The maximum absolute atomic E-state index is 11.3. The van der Waals surface area contributed by atoms with Crippen LogP contribution in [-0.2, 0) is 11.2 Å². The van der Waals surface area contributed by atoms with Gasteiger partial charge in [0.05, 0.1) is 0 Å². The number of rotatable bonds is 6. The van der Waals surface area contributed by atoms with Crippen molar-refractivity contribution in [2.45, 2.75) is 18.9 Å². The summed E-state index contributed by atoms with van der Waals surface area (Å²) in [5.41, 5.74) is 0.912. The fourth-order valence-electron chi connectivity index (χ4n) is 1.58. The standard InChI is InChI=1S/C13H14ClNO3/c1-2-12(16)8-11(15-13(17)18)7-9-3-5-10(14)6-4-9/h2-6,11,15H,1,7-8H2,(H,17,18)/t11-/m0/s1. The van der Waals surface area contributed by atoms with Gasteiger partial charge in [-0.25, -0.2) is 4.79 Å². The Balaban J connectivity index is 2.70. The maximum atomic E-state index is 11.3. The van der Waals surface area contributed by atoms with Gasteiger partial charge in [-0.2, -0.15) is 0 Å². The fraction of sp³-hybridized carbons (Fsp3) is 0.231. The molecule has 1 rings (SSSR count). The Morgan fingerprint density at radius 2 is 2.00 bits per heavy atom. The largest absolute Gasteiger partial charge is 0.465 e. The predicted molar refractivity (Wildman–Crippen MR) is 69.9 cm³/mol. The van der Waals surface area contributed by atoms with Gasteiger partial charge < -0.3 is 10.4 Å². The molecule has 0 saturated heterocycles. The van der Waals surface area contributed by atoms with Crippen LogP contribution in [0.25, 0.3) is 0 Å². The number of carbonyl (C=O) groups is 2. The van der Waals surface area contributed by atoms with Gasteiger partial charge in [-0.05, 0) is 30.2 Å². The molecule has 0 saturated carbocycles. The minimum atomic E-state index is -1.15. The number of carbonyl (C=O) groups excluding carboxylic acids is 1. The number of allylic oxidation sites excluding steroid dienone is 1. The Labute approximate surface area is 110 Å². The lowest BCUT2D eigenvalue weighted by atomic mass is 10.0. The lowest BCUT2D eigenvalue weighted by molar-refractivity contribution is -0.115. The van der Waals surface area contributed by atoms with E-state index in [1.807, 2.05) is 0 Å². The first kappa shape index (κ1) is 14.3. The molecule has 0 aliphatic heterocycles. The van der Waals surface area contributed by atoms with Crippen molar-refractivity contribution in [1.29, 1.82) is 0 Å². The molecule has 4 nitrogen and oxygen atoms in total. The van der Waals surface area contributed by atoms with Crippen LogP contribution in [0.3, 0.4) is 0 Å². The molecule has 5 heteroatoms. The number of nitrogens with one attached hydrogen (secondary N) is 1. The van der Waals surface area contributed by atoms with E-state index < -0.39 is 12.1 Å².